The van der Waals surface area contributed by atoms with E-state index >= 15 is 0 Å². The van der Waals surface area contributed by atoms with Crippen molar-refractivity contribution < 1.29 is 14.7 Å². The summed E-state index contributed by atoms with van der Waals surface area (Å²) < 4.78 is 0. The van der Waals surface area contributed by atoms with Crippen molar-refractivity contribution in [1.82, 2.24) is 0 Å². The van der Waals surface area contributed by atoms with Crippen LogP contribution in [0, 0.1) is 19.8 Å². The average Bonchev–Trinajstić information content (AvgIpc) is 2.47. The standard InChI is InChI=1S/C19H20ClNO3/c1-12-7-13(2)9-14(8-12)10-15(11-18(22)23)19(24)21-17-5-3-16(20)4-6-17/h3-9,15H,10-11H2,1-2H3,(H,21,24)(H,22,23)/t15-/m1/s1. The van der Waals surface area contributed by atoms with Gasteiger partial charge < -0.3 is 10.4 Å². The number of anilines is 1. The second kappa shape index (κ2) is 7.97. The van der Waals surface area contributed by atoms with Crippen LogP contribution in [-0.4, -0.2) is 17.0 Å². The van der Waals surface area contributed by atoms with Crippen molar-refractivity contribution in [2.24, 2.45) is 5.92 Å². The normalized spacial score (nSPS) is 11.8. The third-order valence-electron chi connectivity index (χ3n) is 3.67. The van der Waals surface area contributed by atoms with Gasteiger partial charge in [-0.1, -0.05) is 40.9 Å². The van der Waals surface area contributed by atoms with Gasteiger partial charge in [-0.25, -0.2) is 0 Å². The smallest absolute Gasteiger partial charge is 0.304 e. The molecular weight excluding hydrogens is 326 g/mol. The van der Waals surface area contributed by atoms with Crippen LogP contribution in [0.5, 0.6) is 0 Å². The van der Waals surface area contributed by atoms with E-state index in [0.717, 1.165) is 16.7 Å². The number of aryl methyl sites for hydroxylation is 2. The molecule has 24 heavy (non-hydrogen) atoms. The first-order valence-electron chi connectivity index (χ1n) is 7.69. The fraction of sp³-hybridized carbons (Fsp3) is 0.263. The van der Waals surface area contributed by atoms with E-state index in [2.05, 4.69) is 5.32 Å². The molecule has 2 N–H and O–H groups in total. The lowest BCUT2D eigenvalue weighted by molar-refractivity contribution is -0.140. The fourth-order valence-electron chi connectivity index (χ4n) is 2.72. The van der Waals surface area contributed by atoms with Gasteiger partial charge in [0.2, 0.25) is 5.91 Å². The number of carbonyl (C=O) groups excluding carboxylic acids is 1. The van der Waals surface area contributed by atoms with Crippen molar-refractivity contribution in [3.63, 3.8) is 0 Å². The number of hydrogen-bond acceptors (Lipinski definition) is 2. The average molecular weight is 346 g/mol. The van der Waals surface area contributed by atoms with Crippen LogP contribution < -0.4 is 5.32 Å². The maximum absolute atomic E-state index is 12.5. The van der Waals surface area contributed by atoms with E-state index < -0.39 is 11.9 Å². The number of hydrogen-bond donors (Lipinski definition) is 2. The van der Waals surface area contributed by atoms with Gasteiger partial charge in [-0.2, -0.15) is 0 Å². The lowest BCUT2D eigenvalue weighted by Gasteiger charge is -2.16. The summed E-state index contributed by atoms with van der Waals surface area (Å²) in [5.74, 6) is -1.94. The van der Waals surface area contributed by atoms with Crippen molar-refractivity contribution >= 4 is 29.2 Å². The Labute approximate surface area is 146 Å². The first-order valence-corrected chi connectivity index (χ1v) is 8.06. The number of carboxylic acids is 1. The molecule has 2 rings (SSSR count). The minimum absolute atomic E-state index is 0.216. The minimum Gasteiger partial charge on any atom is -0.481 e. The summed E-state index contributed by atoms with van der Waals surface area (Å²) in [5.41, 5.74) is 3.75. The Hall–Kier alpha value is -2.33. The van der Waals surface area contributed by atoms with Crippen LogP contribution in [0.1, 0.15) is 23.1 Å². The predicted molar refractivity (Wildman–Crippen MR) is 95.4 cm³/mol. The Morgan fingerprint density at radius 2 is 1.67 bits per heavy atom. The number of benzene rings is 2. The summed E-state index contributed by atoms with van der Waals surface area (Å²) >= 11 is 5.83. The third-order valence-corrected chi connectivity index (χ3v) is 3.92. The van der Waals surface area contributed by atoms with Gasteiger partial charge in [0.25, 0.3) is 0 Å². The number of carboxylic acid groups (broad SMARTS) is 1. The molecular formula is C19H20ClNO3. The molecule has 0 aliphatic heterocycles. The maximum atomic E-state index is 12.5. The van der Waals surface area contributed by atoms with Crippen LogP contribution in [0.25, 0.3) is 0 Å². The Morgan fingerprint density at radius 1 is 1.08 bits per heavy atom. The van der Waals surface area contributed by atoms with Crippen molar-refractivity contribution in [3.8, 4) is 0 Å². The molecule has 0 aliphatic carbocycles. The molecule has 0 bridgehead atoms. The van der Waals surface area contributed by atoms with E-state index in [1.165, 1.54) is 0 Å². The monoisotopic (exact) mass is 345 g/mol. The first-order chi connectivity index (χ1) is 11.3. The van der Waals surface area contributed by atoms with E-state index in [9.17, 15) is 9.59 Å². The zero-order valence-electron chi connectivity index (χ0n) is 13.7. The predicted octanol–water partition coefficient (Wildman–Crippen LogP) is 4.23. The SMILES string of the molecule is Cc1cc(C)cc(C[C@H](CC(=O)O)C(=O)Nc2ccc(Cl)cc2)c1. The quantitative estimate of drug-likeness (QED) is 0.823. The second-order valence-electron chi connectivity index (χ2n) is 5.99. The molecule has 0 heterocycles. The van der Waals surface area contributed by atoms with Gasteiger partial charge >= 0.3 is 5.97 Å². The summed E-state index contributed by atoms with van der Waals surface area (Å²) in [5, 5.41) is 12.5. The maximum Gasteiger partial charge on any atom is 0.304 e. The molecule has 0 spiro atoms. The zero-order valence-corrected chi connectivity index (χ0v) is 14.4. The Kier molecular flexibility index (Phi) is 5.99. The molecule has 0 unspecified atom stereocenters. The highest BCUT2D eigenvalue weighted by Crippen LogP contribution is 2.19. The fourth-order valence-corrected chi connectivity index (χ4v) is 2.84. The van der Waals surface area contributed by atoms with Gasteiger partial charge in [0.15, 0.2) is 0 Å². The van der Waals surface area contributed by atoms with E-state index in [1.807, 2.05) is 32.0 Å². The zero-order chi connectivity index (χ0) is 17.7. The Morgan fingerprint density at radius 3 is 2.21 bits per heavy atom. The molecule has 4 nitrogen and oxygen atoms in total. The summed E-state index contributed by atoms with van der Waals surface area (Å²) in [6.45, 7) is 3.97. The van der Waals surface area contributed by atoms with Gasteiger partial charge in [-0.3, -0.25) is 9.59 Å². The summed E-state index contributed by atoms with van der Waals surface area (Å²) in [6.07, 6.45) is 0.167. The van der Waals surface area contributed by atoms with Crippen LogP contribution >= 0.6 is 11.6 Å². The Balaban J connectivity index is 2.15. The highest BCUT2D eigenvalue weighted by atomic mass is 35.5. The third kappa shape index (κ3) is 5.39. The number of amides is 1. The Bertz CT molecular complexity index is 721. The van der Waals surface area contributed by atoms with Gasteiger partial charge in [-0.15, -0.1) is 0 Å². The molecule has 2 aromatic carbocycles. The van der Waals surface area contributed by atoms with Crippen LogP contribution in [0.15, 0.2) is 42.5 Å². The second-order valence-corrected chi connectivity index (χ2v) is 6.43. The van der Waals surface area contributed by atoms with E-state index in [-0.39, 0.29) is 12.3 Å². The first kappa shape index (κ1) is 18.0. The minimum atomic E-state index is -0.990. The van der Waals surface area contributed by atoms with Gasteiger partial charge in [0, 0.05) is 10.7 Å². The highest BCUT2D eigenvalue weighted by Gasteiger charge is 2.22. The lowest BCUT2D eigenvalue weighted by atomic mass is 9.93. The highest BCUT2D eigenvalue weighted by molar-refractivity contribution is 6.30. The van der Waals surface area contributed by atoms with Gasteiger partial charge in [0.05, 0.1) is 12.3 Å². The molecule has 1 atom stereocenters. The largest absolute Gasteiger partial charge is 0.481 e. The number of rotatable bonds is 6. The van der Waals surface area contributed by atoms with Crippen molar-refractivity contribution in [2.75, 3.05) is 5.32 Å². The van der Waals surface area contributed by atoms with E-state index in [1.54, 1.807) is 24.3 Å². The molecule has 0 saturated heterocycles. The van der Waals surface area contributed by atoms with Crippen LogP contribution in [0.4, 0.5) is 5.69 Å². The molecule has 0 aliphatic rings. The molecule has 0 saturated carbocycles. The van der Waals surface area contributed by atoms with Crippen LogP contribution in [-0.2, 0) is 16.0 Å². The number of halogens is 1. The van der Waals surface area contributed by atoms with Crippen molar-refractivity contribution in [3.05, 3.63) is 64.2 Å². The van der Waals surface area contributed by atoms with Gasteiger partial charge in [-0.05, 0) is 50.1 Å². The number of aliphatic carboxylic acids is 1. The van der Waals surface area contributed by atoms with Gasteiger partial charge in [0.1, 0.15) is 0 Å². The summed E-state index contributed by atoms with van der Waals surface area (Å²) in [7, 11) is 0. The lowest BCUT2D eigenvalue weighted by Crippen LogP contribution is -2.27. The molecule has 1 amide bonds. The number of carbonyl (C=O) groups is 2. The summed E-state index contributed by atoms with van der Waals surface area (Å²) in [4.78, 5) is 23.6. The molecule has 0 radical (unpaired) electrons. The van der Waals surface area contributed by atoms with E-state index in [0.29, 0.717) is 17.1 Å². The molecule has 126 valence electrons. The van der Waals surface area contributed by atoms with Crippen LogP contribution in [0.2, 0.25) is 5.02 Å². The van der Waals surface area contributed by atoms with Crippen molar-refractivity contribution in [2.45, 2.75) is 26.7 Å². The van der Waals surface area contributed by atoms with Crippen LogP contribution in [0.3, 0.4) is 0 Å². The van der Waals surface area contributed by atoms with E-state index in [4.69, 9.17) is 16.7 Å². The number of nitrogens with one attached hydrogen (secondary N) is 1. The molecule has 2 aromatic rings. The summed E-state index contributed by atoms with van der Waals surface area (Å²) in [6, 6.07) is 12.7. The molecule has 0 aromatic heterocycles. The molecule has 0 fully saturated rings. The topological polar surface area (TPSA) is 66.4 Å². The van der Waals surface area contributed by atoms with Crippen molar-refractivity contribution in [1.29, 1.82) is 0 Å². The molecule has 5 heteroatoms.